The van der Waals surface area contributed by atoms with Gasteiger partial charge in [-0.2, -0.15) is 0 Å². The van der Waals surface area contributed by atoms with Gasteiger partial charge in [-0.05, 0) is 42.8 Å². The highest BCUT2D eigenvalue weighted by Crippen LogP contribution is 2.47. The third-order valence-electron chi connectivity index (χ3n) is 5.89. The number of imide groups is 1. The number of para-hydroxylation sites is 1. The van der Waals surface area contributed by atoms with Gasteiger partial charge in [-0.25, -0.2) is 0 Å². The third-order valence-corrected chi connectivity index (χ3v) is 5.89. The monoisotopic (exact) mass is 390 g/mol. The van der Waals surface area contributed by atoms with Crippen LogP contribution in [0.15, 0.2) is 60.3 Å². The molecule has 2 heterocycles. The molecule has 0 aromatic heterocycles. The summed E-state index contributed by atoms with van der Waals surface area (Å²) in [6, 6.07) is 15.4. The molecule has 1 atom stereocenters. The molecule has 5 heteroatoms. The first-order valence-corrected chi connectivity index (χ1v) is 9.99. The van der Waals surface area contributed by atoms with Gasteiger partial charge >= 0.3 is 0 Å². The number of hydrogen-bond donors (Lipinski definition) is 0. The van der Waals surface area contributed by atoms with Gasteiger partial charge in [0.25, 0.3) is 0 Å². The summed E-state index contributed by atoms with van der Waals surface area (Å²) in [5.74, 6) is -0.0787. The molecule has 0 spiro atoms. The maximum Gasteiger partial charge on any atom is 0.241 e. The van der Waals surface area contributed by atoms with Crippen molar-refractivity contribution in [1.29, 1.82) is 0 Å². The molecule has 0 saturated carbocycles. The lowest BCUT2D eigenvalue weighted by Gasteiger charge is -2.25. The largest absolute Gasteiger partial charge is 0.494 e. The zero-order valence-corrected chi connectivity index (χ0v) is 17.3. The second-order valence-corrected chi connectivity index (χ2v) is 8.06. The summed E-state index contributed by atoms with van der Waals surface area (Å²) in [5.41, 5.74) is 3.80. The molecule has 1 fully saturated rings. The van der Waals surface area contributed by atoms with Gasteiger partial charge < -0.3 is 9.64 Å². The smallest absolute Gasteiger partial charge is 0.241 e. The van der Waals surface area contributed by atoms with Crippen molar-refractivity contribution in [2.45, 2.75) is 32.6 Å². The van der Waals surface area contributed by atoms with Crippen LogP contribution in [0.5, 0.6) is 5.75 Å². The maximum atomic E-state index is 13.1. The number of ether oxygens (including phenoxy) is 1. The average Bonchev–Trinajstić information content (AvgIpc) is 3.09. The Balaban J connectivity index is 1.63. The van der Waals surface area contributed by atoms with Crippen molar-refractivity contribution in [1.82, 2.24) is 0 Å². The second-order valence-electron chi connectivity index (χ2n) is 8.06. The van der Waals surface area contributed by atoms with Crippen LogP contribution < -0.4 is 14.5 Å². The zero-order valence-electron chi connectivity index (χ0n) is 17.3. The highest BCUT2D eigenvalue weighted by atomic mass is 16.5. The van der Waals surface area contributed by atoms with E-state index in [1.165, 1.54) is 10.5 Å². The number of hydrogen-bond acceptors (Lipinski definition) is 4. The fourth-order valence-corrected chi connectivity index (χ4v) is 4.41. The van der Waals surface area contributed by atoms with Gasteiger partial charge in [-0.15, -0.1) is 0 Å². The molecule has 0 unspecified atom stereocenters. The van der Waals surface area contributed by atoms with Crippen LogP contribution >= 0.6 is 0 Å². The SMILES string of the molecule is CCOc1ccc(N2C(=O)C[C@@H](/C=C3/N(C)c4ccccc4C3(C)C)C2=O)cc1. The Bertz CT molecular complexity index is 991. The van der Waals surface area contributed by atoms with E-state index in [-0.39, 0.29) is 23.7 Å². The van der Waals surface area contributed by atoms with Crippen LogP contribution in [0.3, 0.4) is 0 Å². The maximum absolute atomic E-state index is 13.1. The minimum atomic E-state index is -0.458. The Hall–Kier alpha value is -3.08. The fourth-order valence-electron chi connectivity index (χ4n) is 4.41. The van der Waals surface area contributed by atoms with Crippen LogP contribution in [0.4, 0.5) is 11.4 Å². The lowest BCUT2D eigenvalue weighted by atomic mass is 9.82. The molecule has 2 amide bonds. The highest BCUT2D eigenvalue weighted by Gasteiger charge is 2.43. The number of anilines is 2. The minimum absolute atomic E-state index is 0.169. The summed E-state index contributed by atoms with van der Waals surface area (Å²) in [6.07, 6.45) is 2.17. The number of fused-ring (bicyclic) bond motifs is 1. The van der Waals surface area contributed by atoms with E-state index in [1.807, 2.05) is 32.2 Å². The van der Waals surface area contributed by atoms with Gasteiger partial charge in [0, 0.05) is 30.3 Å². The van der Waals surface area contributed by atoms with E-state index in [9.17, 15) is 9.59 Å². The van der Waals surface area contributed by atoms with Gasteiger partial charge in [0.05, 0.1) is 18.2 Å². The first-order valence-electron chi connectivity index (χ1n) is 9.99. The summed E-state index contributed by atoms with van der Waals surface area (Å²) in [5, 5.41) is 0. The molecular formula is C24H26N2O3. The van der Waals surface area contributed by atoms with Crippen LogP contribution in [0, 0.1) is 5.92 Å². The van der Waals surface area contributed by atoms with Crippen molar-refractivity contribution in [2.75, 3.05) is 23.5 Å². The molecular weight excluding hydrogens is 364 g/mol. The number of amides is 2. The number of nitrogens with zero attached hydrogens (tertiary/aromatic N) is 2. The predicted molar refractivity (Wildman–Crippen MR) is 114 cm³/mol. The Labute approximate surface area is 171 Å². The van der Waals surface area contributed by atoms with Crippen molar-refractivity contribution in [3.63, 3.8) is 0 Å². The van der Waals surface area contributed by atoms with Crippen LogP contribution in [0.25, 0.3) is 0 Å². The van der Waals surface area contributed by atoms with Crippen molar-refractivity contribution in [2.24, 2.45) is 5.92 Å². The summed E-state index contributed by atoms with van der Waals surface area (Å²) in [4.78, 5) is 29.2. The standard InChI is InChI=1S/C24H26N2O3/c1-5-29-18-12-10-17(11-13-18)26-22(27)15-16(23(26)28)14-21-24(2,3)19-8-6-7-9-20(19)25(21)4/h6-14,16H,5,15H2,1-4H3/b21-14+/t16-/m1/s1. The van der Waals surface area contributed by atoms with E-state index < -0.39 is 5.92 Å². The number of benzene rings is 2. The fraction of sp³-hybridized carbons (Fsp3) is 0.333. The second kappa shape index (κ2) is 7.07. The van der Waals surface area contributed by atoms with Crippen molar-refractivity contribution in [3.8, 4) is 5.75 Å². The van der Waals surface area contributed by atoms with Gasteiger partial charge in [-0.3, -0.25) is 14.5 Å². The first kappa shape index (κ1) is 19.2. The number of carbonyl (C=O) groups is 2. The van der Waals surface area contributed by atoms with E-state index in [0.717, 1.165) is 17.1 Å². The molecule has 2 aromatic carbocycles. The Morgan fingerprint density at radius 3 is 2.45 bits per heavy atom. The van der Waals surface area contributed by atoms with E-state index in [1.54, 1.807) is 24.3 Å². The molecule has 0 radical (unpaired) electrons. The highest BCUT2D eigenvalue weighted by molar-refractivity contribution is 6.21. The summed E-state index contributed by atoms with van der Waals surface area (Å²) in [6.45, 7) is 6.81. The first-order chi connectivity index (χ1) is 13.8. The lowest BCUT2D eigenvalue weighted by Crippen LogP contribution is -2.31. The number of likely N-dealkylation sites (N-methyl/N-ethyl adjacent to an activating group) is 1. The van der Waals surface area contributed by atoms with Gasteiger partial charge in [0.1, 0.15) is 5.75 Å². The summed E-state index contributed by atoms with van der Waals surface area (Å²) in [7, 11) is 2.02. The third kappa shape index (κ3) is 3.11. The topological polar surface area (TPSA) is 49.9 Å². The Morgan fingerprint density at radius 2 is 1.79 bits per heavy atom. The number of carbonyl (C=O) groups excluding carboxylic acids is 2. The molecule has 0 N–H and O–H groups in total. The molecule has 5 nitrogen and oxygen atoms in total. The van der Waals surface area contributed by atoms with Crippen molar-refractivity contribution >= 4 is 23.2 Å². The molecule has 2 aliphatic heterocycles. The van der Waals surface area contributed by atoms with Crippen LogP contribution in [-0.4, -0.2) is 25.5 Å². The number of rotatable bonds is 4. The Morgan fingerprint density at radius 1 is 1.10 bits per heavy atom. The molecule has 0 bridgehead atoms. The van der Waals surface area contributed by atoms with Crippen LogP contribution in [0.1, 0.15) is 32.8 Å². The van der Waals surface area contributed by atoms with E-state index >= 15 is 0 Å². The molecule has 2 aliphatic rings. The van der Waals surface area contributed by atoms with Crippen molar-refractivity contribution < 1.29 is 14.3 Å². The molecule has 1 saturated heterocycles. The van der Waals surface area contributed by atoms with E-state index in [2.05, 4.69) is 30.9 Å². The summed E-state index contributed by atoms with van der Waals surface area (Å²) < 4.78 is 5.45. The van der Waals surface area contributed by atoms with Gasteiger partial charge in [0.15, 0.2) is 0 Å². The van der Waals surface area contributed by atoms with Crippen LogP contribution in [-0.2, 0) is 15.0 Å². The molecule has 29 heavy (non-hydrogen) atoms. The molecule has 2 aromatic rings. The Kier molecular flexibility index (Phi) is 4.69. The predicted octanol–water partition coefficient (Wildman–Crippen LogP) is 4.28. The van der Waals surface area contributed by atoms with Crippen LogP contribution in [0.2, 0.25) is 0 Å². The lowest BCUT2D eigenvalue weighted by molar-refractivity contribution is -0.121. The quantitative estimate of drug-likeness (QED) is 0.732. The number of allylic oxidation sites excluding steroid dienone is 1. The minimum Gasteiger partial charge on any atom is -0.494 e. The van der Waals surface area contributed by atoms with Gasteiger partial charge in [0.2, 0.25) is 11.8 Å². The zero-order chi connectivity index (χ0) is 20.8. The normalized spacial score (nSPS) is 21.8. The molecule has 4 rings (SSSR count). The molecule has 150 valence electrons. The summed E-state index contributed by atoms with van der Waals surface area (Å²) >= 11 is 0. The van der Waals surface area contributed by atoms with E-state index in [0.29, 0.717) is 12.3 Å². The molecule has 0 aliphatic carbocycles. The van der Waals surface area contributed by atoms with Gasteiger partial charge in [-0.1, -0.05) is 38.1 Å². The van der Waals surface area contributed by atoms with E-state index in [4.69, 9.17) is 4.74 Å². The van der Waals surface area contributed by atoms with Crippen molar-refractivity contribution in [3.05, 3.63) is 65.9 Å². The average molecular weight is 390 g/mol.